The molecule has 0 aliphatic rings. The van der Waals surface area contributed by atoms with E-state index in [4.69, 9.17) is 10.5 Å². The third kappa shape index (κ3) is 7.83. The Kier molecular flexibility index (Phi) is 9.59. The first-order valence-corrected chi connectivity index (χ1v) is 6.75. The second kappa shape index (κ2) is 10.2. The summed E-state index contributed by atoms with van der Waals surface area (Å²) in [4.78, 5) is 11.6. The molecule has 0 aromatic carbocycles. The van der Waals surface area contributed by atoms with Gasteiger partial charge in [-0.05, 0) is 26.7 Å². The van der Waals surface area contributed by atoms with Crippen LogP contribution in [0.4, 0.5) is 0 Å². The molecule has 0 amide bonds. The molecule has 0 atom stereocenters. The molecular weight excluding hydrogens is 214 g/mol. The van der Waals surface area contributed by atoms with Crippen LogP contribution in [0.1, 0.15) is 65.7 Å². The third-order valence-electron chi connectivity index (χ3n) is 2.78. The van der Waals surface area contributed by atoms with E-state index in [2.05, 4.69) is 6.92 Å². The minimum atomic E-state index is -0.249. The Morgan fingerprint density at radius 1 is 1.06 bits per heavy atom. The summed E-state index contributed by atoms with van der Waals surface area (Å²) in [5, 5.41) is 0. The van der Waals surface area contributed by atoms with E-state index in [1.54, 1.807) is 6.92 Å². The van der Waals surface area contributed by atoms with Crippen LogP contribution in [0.5, 0.6) is 0 Å². The van der Waals surface area contributed by atoms with E-state index in [0.717, 1.165) is 19.3 Å². The molecule has 0 saturated carbocycles. The van der Waals surface area contributed by atoms with E-state index in [1.807, 2.05) is 6.92 Å². The Balaban J connectivity index is 3.88. The van der Waals surface area contributed by atoms with Gasteiger partial charge in [-0.3, -0.25) is 0 Å². The summed E-state index contributed by atoms with van der Waals surface area (Å²) in [7, 11) is 0. The first-order valence-electron chi connectivity index (χ1n) is 6.75. The lowest BCUT2D eigenvalue weighted by molar-refractivity contribution is -0.138. The van der Waals surface area contributed by atoms with Crippen LogP contribution >= 0.6 is 0 Å². The zero-order valence-electron chi connectivity index (χ0n) is 11.6. The molecule has 0 spiro atoms. The average molecular weight is 241 g/mol. The van der Waals surface area contributed by atoms with Crippen molar-refractivity contribution in [2.24, 2.45) is 5.73 Å². The van der Waals surface area contributed by atoms with Crippen LogP contribution in [0.3, 0.4) is 0 Å². The molecule has 100 valence electrons. The van der Waals surface area contributed by atoms with E-state index in [9.17, 15) is 4.79 Å². The molecule has 0 saturated heterocycles. The van der Waals surface area contributed by atoms with Crippen molar-refractivity contribution in [1.29, 1.82) is 0 Å². The minimum Gasteiger partial charge on any atom is -0.463 e. The number of hydrogen-bond acceptors (Lipinski definition) is 3. The molecule has 17 heavy (non-hydrogen) atoms. The van der Waals surface area contributed by atoms with E-state index in [1.165, 1.54) is 25.7 Å². The van der Waals surface area contributed by atoms with E-state index < -0.39 is 0 Å². The normalized spacial score (nSPS) is 12.2. The number of carbonyl (C=O) groups is 1. The number of ether oxygens (including phenoxy) is 1. The van der Waals surface area contributed by atoms with Gasteiger partial charge in [-0.2, -0.15) is 0 Å². The monoisotopic (exact) mass is 241 g/mol. The lowest BCUT2D eigenvalue weighted by Gasteiger charge is -2.08. The molecule has 0 bridgehead atoms. The average Bonchev–Trinajstić information content (AvgIpc) is 2.27. The maximum absolute atomic E-state index is 11.6. The topological polar surface area (TPSA) is 52.3 Å². The van der Waals surface area contributed by atoms with E-state index >= 15 is 0 Å². The van der Waals surface area contributed by atoms with Gasteiger partial charge in [0.15, 0.2) is 0 Å². The van der Waals surface area contributed by atoms with Crippen LogP contribution in [0.25, 0.3) is 0 Å². The fourth-order valence-corrected chi connectivity index (χ4v) is 1.76. The molecule has 0 unspecified atom stereocenters. The second-order valence-corrected chi connectivity index (χ2v) is 4.40. The van der Waals surface area contributed by atoms with Gasteiger partial charge in [0.2, 0.25) is 0 Å². The minimum absolute atomic E-state index is 0.249. The number of hydrogen-bond donors (Lipinski definition) is 1. The summed E-state index contributed by atoms with van der Waals surface area (Å²) >= 11 is 0. The molecular formula is C14H27NO2. The number of esters is 1. The predicted octanol–water partition coefficient (Wildman–Crippen LogP) is 3.53. The standard InChI is InChI=1S/C14H27NO2/c1-4-6-7-8-9-10-11-13(12(3)15)14(16)17-5-2/h4-11,15H2,1-3H3/b13-12-. The molecule has 0 aromatic heterocycles. The van der Waals surface area contributed by atoms with Crippen LogP contribution in [-0.2, 0) is 9.53 Å². The molecule has 0 aromatic rings. The van der Waals surface area contributed by atoms with Gasteiger partial charge >= 0.3 is 5.97 Å². The molecule has 0 aliphatic heterocycles. The first kappa shape index (κ1) is 16.0. The number of carbonyl (C=O) groups excluding carboxylic acids is 1. The van der Waals surface area contributed by atoms with E-state index in [-0.39, 0.29) is 5.97 Å². The Morgan fingerprint density at radius 2 is 1.65 bits per heavy atom. The lowest BCUT2D eigenvalue weighted by atomic mass is 10.0. The van der Waals surface area contributed by atoms with Gasteiger partial charge in [0, 0.05) is 5.70 Å². The molecule has 0 radical (unpaired) electrons. The number of unbranched alkanes of at least 4 members (excludes halogenated alkanes) is 5. The molecule has 0 aliphatic carbocycles. The SMILES string of the molecule is CCCCCCCC/C(C(=O)OCC)=C(\C)N. The van der Waals surface area contributed by atoms with Crippen molar-refractivity contribution in [1.82, 2.24) is 0 Å². The van der Waals surface area contributed by atoms with Crippen molar-refractivity contribution >= 4 is 5.97 Å². The van der Waals surface area contributed by atoms with Crippen LogP contribution in [0, 0.1) is 0 Å². The van der Waals surface area contributed by atoms with Crippen LogP contribution < -0.4 is 5.73 Å². The highest BCUT2D eigenvalue weighted by molar-refractivity contribution is 5.89. The zero-order valence-corrected chi connectivity index (χ0v) is 11.6. The lowest BCUT2D eigenvalue weighted by Crippen LogP contribution is -2.12. The Bertz CT molecular complexity index is 243. The highest BCUT2D eigenvalue weighted by Gasteiger charge is 2.12. The Hall–Kier alpha value is -0.990. The van der Waals surface area contributed by atoms with Crippen molar-refractivity contribution in [3.63, 3.8) is 0 Å². The maximum Gasteiger partial charge on any atom is 0.335 e. The molecule has 0 rings (SSSR count). The van der Waals surface area contributed by atoms with Crippen molar-refractivity contribution in [3.8, 4) is 0 Å². The highest BCUT2D eigenvalue weighted by Crippen LogP contribution is 2.14. The summed E-state index contributed by atoms with van der Waals surface area (Å²) in [5.41, 5.74) is 6.96. The largest absolute Gasteiger partial charge is 0.463 e. The van der Waals surface area contributed by atoms with Gasteiger partial charge < -0.3 is 10.5 Å². The smallest absolute Gasteiger partial charge is 0.335 e. The number of allylic oxidation sites excluding steroid dienone is 1. The van der Waals surface area contributed by atoms with Crippen molar-refractivity contribution in [3.05, 3.63) is 11.3 Å². The summed E-state index contributed by atoms with van der Waals surface area (Å²) < 4.78 is 4.98. The van der Waals surface area contributed by atoms with Gasteiger partial charge in [0.1, 0.15) is 0 Å². The van der Waals surface area contributed by atoms with Crippen LogP contribution in [0.15, 0.2) is 11.3 Å². The fraction of sp³-hybridized carbons (Fsp3) is 0.786. The van der Waals surface area contributed by atoms with Crippen molar-refractivity contribution < 1.29 is 9.53 Å². The van der Waals surface area contributed by atoms with Crippen LogP contribution in [-0.4, -0.2) is 12.6 Å². The molecule has 0 fully saturated rings. The molecule has 3 heteroatoms. The highest BCUT2D eigenvalue weighted by atomic mass is 16.5. The summed E-state index contributed by atoms with van der Waals surface area (Å²) in [6.07, 6.45) is 8.02. The van der Waals surface area contributed by atoms with E-state index in [0.29, 0.717) is 17.9 Å². The quantitative estimate of drug-likeness (QED) is 0.381. The van der Waals surface area contributed by atoms with Gasteiger partial charge in [-0.1, -0.05) is 39.0 Å². The number of rotatable bonds is 9. The van der Waals surface area contributed by atoms with Gasteiger partial charge in [-0.15, -0.1) is 0 Å². The predicted molar refractivity (Wildman–Crippen MR) is 71.5 cm³/mol. The third-order valence-corrected chi connectivity index (χ3v) is 2.78. The van der Waals surface area contributed by atoms with Gasteiger partial charge in [0.05, 0.1) is 12.2 Å². The fourth-order valence-electron chi connectivity index (χ4n) is 1.76. The zero-order chi connectivity index (χ0) is 13.1. The first-order chi connectivity index (χ1) is 8.13. The van der Waals surface area contributed by atoms with Crippen LogP contribution in [0.2, 0.25) is 0 Å². The summed E-state index contributed by atoms with van der Waals surface area (Å²) in [6.45, 7) is 6.20. The summed E-state index contributed by atoms with van der Waals surface area (Å²) in [6, 6.07) is 0. The van der Waals surface area contributed by atoms with Crippen molar-refractivity contribution in [2.45, 2.75) is 65.7 Å². The van der Waals surface area contributed by atoms with Crippen molar-refractivity contribution in [2.75, 3.05) is 6.61 Å². The number of nitrogens with two attached hydrogens (primary N) is 1. The Labute approximate surface area is 105 Å². The van der Waals surface area contributed by atoms with Gasteiger partial charge in [0.25, 0.3) is 0 Å². The maximum atomic E-state index is 11.6. The molecule has 0 heterocycles. The molecule has 3 nitrogen and oxygen atoms in total. The molecule has 2 N–H and O–H groups in total. The van der Waals surface area contributed by atoms with Gasteiger partial charge in [-0.25, -0.2) is 4.79 Å². The summed E-state index contributed by atoms with van der Waals surface area (Å²) in [5.74, 6) is -0.249. The second-order valence-electron chi connectivity index (χ2n) is 4.40. The Morgan fingerprint density at radius 3 is 2.18 bits per heavy atom.